The van der Waals surface area contributed by atoms with Gasteiger partial charge >= 0.3 is 5.97 Å². The van der Waals surface area contributed by atoms with E-state index in [1.54, 1.807) is 0 Å². The van der Waals surface area contributed by atoms with E-state index in [-0.39, 0.29) is 5.82 Å². The predicted octanol–water partition coefficient (Wildman–Crippen LogP) is 7.07. The molecule has 0 radical (unpaired) electrons. The molecule has 3 rings (SSSR count). The highest BCUT2D eigenvalue weighted by atomic mass is 19.1. The molecule has 0 aliphatic heterocycles. The average Bonchev–Trinajstić information content (AvgIpc) is 2.73. The Morgan fingerprint density at radius 1 is 1.04 bits per heavy atom. The molecule has 1 aliphatic rings. The van der Waals surface area contributed by atoms with Gasteiger partial charge in [0.15, 0.2) is 0 Å². The summed E-state index contributed by atoms with van der Waals surface area (Å²) in [4.78, 5) is 12.3. The Morgan fingerprint density at radius 2 is 1.71 bits per heavy atom. The summed E-state index contributed by atoms with van der Waals surface area (Å²) in [5.41, 5.74) is 1.83. The van der Waals surface area contributed by atoms with Gasteiger partial charge < -0.3 is 4.74 Å². The van der Waals surface area contributed by atoms with Crippen LogP contribution in [0.1, 0.15) is 73.7 Å². The number of esters is 1. The molecule has 0 unspecified atom stereocenters. The van der Waals surface area contributed by atoms with Crippen molar-refractivity contribution in [1.82, 2.24) is 0 Å². The lowest BCUT2D eigenvalue weighted by atomic mass is 9.77. The highest BCUT2D eigenvalue weighted by Crippen LogP contribution is 2.37. The van der Waals surface area contributed by atoms with Crippen molar-refractivity contribution in [1.29, 1.82) is 0 Å². The number of allylic oxidation sites excluding steroid dienone is 2. The fourth-order valence-electron chi connectivity index (χ4n) is 4.04. The van der Waals surface area contributed by atoms with E-state index in [1.165, 1.54) is 74.8 Å². The summed E-state index contributed by atoms with van der Waals surface area (Å²) in [6.07, 6.45) is 13.3. The first-order valence-electron chi connectivity index (χ1n) is 10.3. The minimum atomic E-state index is -0.414. The number of carbonyl (C=O) groups is 1. The zero-order chi connectivity index (χ0) is 19.8. The minimum absolute atomic E-state index is 0.350. The van der Waals surface area contributed by atoms with Crippen molar-refractivity contribution in [3.05, 3.63) is 77.6 Å². The molecule has 0 N–H and O–H groups in total. The van der Waals surface area contributed by atoms with Crippen molar-refractivity contribution in [2.45, 2.75) is 57.8 Å². The molecular formula is C25H29FO2. The van der Waals surface area contributed by atoms with Crippen LogP contribution in [0.5, 0.6) is 5.75 Å². The van der Waals surface area contributed by atoms with Gasteiger partial charge in [0, 0.05) is 0 Å². The summed E-state index contributed by atoms with van der Waals surface area (Å²) in [6, 6.07) is 13.3. The minimum Gasteiger partial charge on any atom is -0.423 e. The second kappa shape index (κ2) is 10.2. The first-order chi connectivity index (χ1) is 13.7. The maximum atomic E-state index is 12.9. The molecule has 1 saturated carbocycles. The van der Waals surface area contributed by atoms with Crippen LogP contribution in [-0.2, 0) is 0 Å². The molecule has 0 spiro atoms. The smallest absolute Gasteiger partial charge is 0.343 e. The van der Waals surface area contributed by atoms with E-state index in [1.807, 2.05) is 12.1 Å². The number of ether oxygens (including phenoxy) is 1. The van der Waals surface area contributed by atoms with Crippen molar-refractivity contribution in [2.75, 3.05) is 0 Å². The van der Waals surface area contributed by atoms with Crippen molar-refractivity contribution in [3.8, 4) is 5.75 Å². The molecular weight excluding hydrogens is 351 g/mol. The lowest BCUT2D eigenvalue weighted by molar-refractivity contribution is 0.0734. The van der Waals surface area contributed by atoms with Crippen LogP contribution in [0.3, 0.4) is 0 Å². The normalized spacial score (nSPS) is 19.6. The van der Waals surface area contributed by atoms with Gasteiger partial charge in [0.2, 0.25) is 0 Å². The summed E-state index contributed by atoms with van der Waals surface area (Å²) >= 11 is 0. The molecule has 148 valence electrons. The van der Waals surface area contributed by atoms with Crippen LogP contribution in [-0.4, -0.2) is 5.97 Å². The van der Waals surface area contributed by atoms with Gasteiger partial charge in [-0.15, -0.1) is 0 Å². The van der Waals surface area contributed by atoms with E-state index >= 15 is 0 Å². The van der Waals surface area contributed by atoms with Gasteiger partial charge in [-0.2, -0.15) is 0 Å². The van der Waals surface area contributed by atoms with Gasteiger partial charge in [-0.05, 0) is 99.2 Å². The number of halogens is 1. The molecule has 3 heteroatoms. The highest BCUT2D eigenvalue weighted by Gasteiger charge is 2.22. The highest BCUT2D eigenvalue weighted by molar-refractivity contribution is 5.91. The Balaban J connectivity index is 1.49. The Kier molecular flexibility index (Phi) is 7.41. The predicted molar refractivity (Wildman–Crippen MR) is 111 cm³/mol. The monoisotopic (exact) mass is 380 g/mol. The quantitative estimate of drug-likeness (QED) is 0.222. The maximum Gasteiger partial charge on any atom is 0.343 e. The Labute approximate surface area is 167 Å². The molecule has 2 aromatic carbocycles. The van der Waals surface area contributed by atoms with E-state index in [9.17, 15) is 9.18 Å². The third-order valence-electron chi connectivity index (χ3n) is 5.71. The van der Waals surface area contributed by atoms with E-state index in [4.69, 9.17) is 4.74 Å². The van der Waals surface area contributed by atoms with Crippen molar-refractivity contribution in [2.24, 2.45) is 5.92 Å². The number of rotatable bonds is 7. The van der Waals surface area contributed by atoms with E-state index in [0.717, 1.165) is 5.92 Å². The molecule has 0 amide bonds. The molecule has 0 heterocycles. The Morgan fingerprint density at radius 3 is 2.36 bits per heavy atom. The number of benzene rings is 2. The molecule has 0 saturated heterocycles. The van der Waals surface area contributed by atoms with Gasteiger partial charge in [0.1, 0.15) is 11.6 Å². The average molecular weight is 381 g/mol. The summed E-state index contributed by atoms with van der Waals surface area (Å²) < 4.78 is 18.2. The van der Waals surface area contributed by atoms with E-state index in [0.29, 0.717) is 17.2 Å². The summed E-state index contributed by atoms with van der Waals surface area (Å²) in [6.45, 7) is 2.08. The summed E-state index contributed by atoms with van der Waals surface area (Å²) in [7, 11) is 0. The van der Waals surface area contributed by atoms with Crippen LogP contribution in [0, 0.1) is 11.7 Å². The largest absolute Gasteiger partial charge is 0.423 e. The van der Waals surface area contributed by atoms with Crippen molar-refractivity contribution >= 4 is 5.97 Å². The van der Waals surface area contributed by atoms with Crippen LogP contribution in [0.4, 0.5) is 4.39 Å². The third-order valence-corrected chi connectivity index (χ3v) is 5.71. The fourth-order valence-corrected chi connectivity index (χ4v) is 4.04. The molecule has 0 bridgehead atoms. The molecule has 28 heavy (non-hydrogen) atoms. The topological polar surface area (TPSA) is 26.3 Å². The second-order valence-electron chi connectivity index (χ2n) is 7.68. The zero-order valence-electron chi connectivity index (χ0n) is 16.6. The third kappa shape index (κ3) is 5.79. The first kappa shape index (κ1) is 20.3. The maximum absolute atomic E-state index is 12.9. The number of unbranched alkanes of at least 4 members (excludes halogenated alkanes) is 1. The summed E-state index contributed by atoms with van der Waals surface area (Å²) in [5.74, 6) is 1.04. The number of hydrogen-bond donors (Lipinski definition) is 0. The first-order valence-corrected chi connectivity index (χ1v) is 10.3. The summed E-state index contributed by atoms with van der Waals surface area (Å²) in [5, 5.41) is 0. The van der Waals surface area contributed by atoms with Crippen LogP contribution in [0.25, 0.3) is 0 Å². The Hall–Kier alpha value is -2.42. The van der Waals surface area contributed by atoms with Crippen LogP contribution in [0.2, 0.25) is 0 Å². The van der Waals surface area contributed by atoms with Crippen LogP contribution in [0.15, 0.2) is 60.7 Å². The van der Waals surface area contributed by atoms with Gasteiger partial charge in [0.05, 0.1) is 5.56 Å². The number of carbonyl (C=O) groups excluding carboxylic acids is 1. The number of hydrogen-bond acceptors (Lipinski definition) is 2. The Bertz CT molecular complexity index is 769. The standard InChI is InChI=1S/C25H29FO2/c1-2-3-4-5-6-19-7-9-20(10-8-19)21-11-13-22(14-12-21)25(27)28-24-17-15-23(26)16-18-24/h2-3,11-20H,4-10H2,1H3/b3-2-/t19-,20-. The van der Waals surface area contributed by atoms with Crippen molar-refractivity contribution < 1.29 is 13.9 Å². The van der Waals surface area contributed by atoms with Crippen LogP contribution < -0.4 is 4.74 Å². The SMILES string of the molecule is C/C=C\CCC[C@H]1CC[C@H](c2ccc(C(=O)Oc3ccc(F)cc3)cc2)CC1. The zero-order valence-corrected chi connectivity index (χ0v) is 16.6. The fraction of sp³-hybridized carbons (Fsp3) is 0.400. The second-order valence-corrected chi connectivity index (χ2v) is 7.68. The van der Waals surface area contributed by atoms with E-state index in [2.05, 4.69) is 31.2 Å². The lowest BCUT2D eigenvalue weighted by Crippen LogP contribution is -2.14. The van der Waals surface area contributed by atoms with E-state index < -0.39 is 5.97 Å². The molecule has 0 aromatic heterocycles. The van der Waals surface area contributed by atoms with Gasteiger partial charge in [0.25, 0.3) is 0 Å². The molecule has 1 aliphatic carbocycles. The van der Waals surface area contributed by atoms with Gasteiger partial charge in [-0.25, -0.2) is 9.18 Å². The molecule has 2 aromatic rings. The van der Waals surface area contributed by atoms with Crippen molar-refractivity contribution in [3.63, 3.8) is 0 Å². The van der Waals surface area contributed by atoms with Gasteiger partial charge in [-0.1, -0.05) is 30.7 Å². The molecule has 0 atom stereocenters. The van der Waals surface area contributed by atoms with Gasteiger partial charge in [-0.3, -0.25) is 0 Å². The lowest BCUT2D eigenvalue weighted by Gasteiger charge is -2.28. The van der Waals surface area contributed by atoms with Crippen LogP contribution >= 0.6 is 0 Å². The molecule has 2 nitrogen and oxygen atoms in total. The molecule has 1 fully saturated rings.